The molecule has 2 saturated heterocycles. The zero-order chi connectivity index (χ0) is 33.3. The van der Waals surface area contributed by atoms with Crippen molar-refractivity contribution in [2.24, 2.45) is 5.92 Å². The number of nitrogens with zero attached hydrogens (tertiary/aromatic N) is 3. The molecule has 2 aliphatic heterocycles. The van der Waals surface area contributed by atoms with E-state index in [1.165, 1.54) is 25.1 Å². The van der Waals surface area contributed by atoms with Gasteiger partial charge in [-0.1, -0.05) is 30.3 Å². The second kappa shape index (κ2) is 13.3. The fourth-order valence-corrected chi connectivity index (χ4v) is 6.36. The number of carbonyl (C=O) groups excluding carboxylic acids is 4. The van der Waals surface area contributed by atoms with Crippen molar-refractivity contribution < 1.29 is 28.3 Å². The molecule has 10 nitrogen and oxygen atoms in total. The molecule has 0 bridgehead atoms. The van der Waals surface area contributed by atoms with E-state index in [0.29, 0.717) is 42.1 Å². The first-order valence-electron chi connectivity index (χ1n) is 15.3. The Balaban J connectivity index is 1.40. The van der Waals surface area contributed by atoms with Crippen LogP contribution in [0.5, 0.6) is 5.75 Å². The van der Waals surface area contributed by atoms with Gasteiger partial charge in [0.15, 0.2) is 0 Å². The lowest BCUT2D eigenvalue weighted by molar-refractivity contribution is -0.140. The number of nitrogens with one attached hydrogen (secondary N) is 2. The number of anilines is 1. The van der Waals surface area contributed by atoms with Crippen LogP contribution in [-0.2, 0) is 20.9 Å². The number of methoxy groups -OCH3 is 1. The maximum Gasteiger partial charge on any atom is 0.326 e. The minimum Gasteiger partial charge on any atom is -0.496 e. The van der Waals surface area contributed by atoms with Crippen LogP contribution in [0.3, 0.4) is 0 Å². The van der Waals surface area contributed by atoms with Crippen molar-refractivity contribution in [3.63, 3.8) is 0 Å². The molecule has 5 amide bonds. The van der Waals surface area contributed by atoms with Gasteiger partial charge in [-0.25, -0.2) is 9.18 Å². The Labute approximate surface area is 268 Å². The van der Waals surface area contributed by atoms with Gasteiger partial charge in [-0.3, -0.25) is 24.2 Å². The van der Waals surface area contributed by atoms with Crippen molar-refractivity contribution in [3.05, 3.63) is 71.0 Å². The highest BCUT2D eigenvalue weighted by Gasteiger charge is 2.39. The first-order chi connectivity index (χ1) is 21.9. The van der Waals surface area contributed by atoms with Gasteiger partial charge in [-0.05, 0) is 78.9 Å². The van der Waals surface area contributed by atoms with E-state index in [2.05, 4.69) is 10.6 Å². The van der Waals surface area contributed by atoms with Gasteiger partial charge in [0.25, 0.3) is 0 Å². The third-order valence-electron chi connectivity index (χ3n) is 8.96. The van der Waals surface area contributed by atoms with Gasteiger partial charge in [0.05, 0.1) is 7.11 Å². The second-order valence-electron chi connectivity index (χ2n) is 12.2. The van der Waals surface area contributed by atoms with Crippen LogP contribution < -0.4 is 15.4 Å². The molecule has 5 rings (SSSR count). The summed E-state index contributed by atoms with van der Waals surface area (Å²) in [6.07, 6.45) is 1.28. The molecule has 2 heterocycles. The highest BCUT2D eigenvalue weighted by Crippen LogP contribution is 2.38. The van der Waals surface area contributed by atoms with Crippen LogP contribution in [-0.4, -0.2) is 85.8 Å². The molecule has 1 unspecified atom stereocenters. The Morgan fingerprint density at radius 2 is 1.72 bits per heavy atom. The van der Waals surface area contributed by atoms with E-state index in [1.807, 2.05) is 62.2 Å². The summed E-state index contributed by atoms with van der Waals surface area (Å²) < 4.78 is 21.4. The number of benzene rings is 3. The first-order valence-corrected chi connectivity index (χ1v) is 15.3. The smallest absolute Gasteiger partial charge is 0.326 e. The summed E-state index contributed by atoms with van der Waals surface area (Å²) in [7, 11) is 6.35. The molecule has 2 fully saturated rings. The van der Waals surface area contributed by atoms with Crippen LogP contribution >= 0.6 is 0 Å². The van der Waals surface area contributed by atoms with Gasteiger partial charge < -0.3 is 20.3 Å². The Morgan fingerprint density at radius 1 is 1.04 bits per heavy atom. The molecule has 242 valence electrons. The number of rotatable bonds is 9. The molecule has 11 heteroatoms. The summed E-state index contributed by atoms with van der Waals surface area (Å²) >= 11 is 0. The fraction of sp³-hybridized carbons (Fsp3) is 0.371. The fourth-order valence-electron chi connectivity index (χ4n) is 6.36. The van der Waals surface area contributed by atoms with E-state index in [4.69, 9.17) is 4.74 Å². The van der Waals surface area contributed by atoms with Gasteiger partial charge in [0.2, 0.25) is 17.7 Å². The van der Waals surface area contributed by atoms with Crippen LogP contribution in [0.15, 0.2) is 48.5 Å². The summed E-state index contributed by atoms with van der Waals surface area (Å²) in [5, 5.41) is 5.85. The molecule has 2 aliphatic rings. The van der Waals surface area contributed by atoms with Crippen LogP contribution in [0.2, 0.25) is 0 Å². The highest BCUT2D eigenvalue weighted by atomic mass is 19.1. The lowest BCUT2D eigenvalue weighted by atomic mass is 9.90. The van der Waals surface area contributed by atoms with E-state index < -0.39 is 23.8 Å². The third kappa shape index (κ3) is 6.46. The average Bonchev–Trinajstić information content (AvgIpc) is 3.43. The Kier molecular flexibility index (Phi) is 9.43. The van der Waals surface area contributed by atoms with E-state index >= 15 is 4.39 Å². The average molecular weight is 630 g/mol. The molecule has 3 aromatic rings. The van der Waals surface area contributed by atoms with Crippen molar-refractivity contribution >= 4 is 29.4 Å². The van der Waals surface area contributed by atoms with E-state index in [9.17, 15) is 19.2 Å². The molecule has 0 radical (unpaired) electrons. The standard InChI is InChI=1S/C35H40FN5O5/c1-20-24(22-15-29(36)27(31(16-22)46-6)18-39(3)17-23-13-14-32(42)37-23)9-7-10-25(20)26-11-8-12-30(21(26)2)38-33(43)28-19-40(4)35(45)41(5)34(28)44/h7-12,15-16,23,28H,13-14,17-19H2,1-6H3,(H,37,42)(H,38,43)/t23-,28?/m0/s1. The number of amides is 5. The summed E-state index contributed by atoms with van der Waals surface area (Å²) in [5.74, 6) is -1.93. The SMILES string of the molecule is COc1cc(-c2cccc(-c3cccc(NC(=O)C4CN(C)C(=O)N(C)C4=O)c3C)c2C)cc(F)c1CN(C)C[C@@H]1CCC(=O)N1. The van der Waals surface area contributed by atoms with E-state index in [-0.39, 0.29) is 24.3 Å². The predicted molar refractivity (Wildman–Crippen MR) is 174 cm³/mol. The number of hydrogen-bond acceptors (Lipinski definition) is 6. The zero-order valence-corrected chi connectivity index (χ0v) is 27.1. The molecule has 2 N–H and O–H groups in total. The normalized spacial score (nSPS) is 18.3. The molecular weight excluding hydrogens is 589 g/mol. The molecule has 0 aromatic heterocycles. The minimum absolute atomic E-state index is 0.00155. The largest absolute Gasteiger partial charge is 0.496 e. The number of carbonyl (C=O) groups is 4. The zero-order valence-electron chi connectivity index (χ0n) is 27.1. The van der Waals surface area contributed by atoms with Crippen molar-refractivity contribution in [3.8, 4) is 28.0 Å². The number of imide groups is 1. The first kappa shape index (κ1) is 32.6. The molecular formula is C35H40FN5O5. The van der Waals surface area contributed by atoms with Crippen molar-refractivity contribution in [1.29, 1.82) is 0 Å². The highest BCUT2D eigenvalue weighted by molar-refractivity contribution is 6.12. The number of likely N-dealkylation sites (N-methyl/N-ethyl adjacent to an activating group) is 1. The summed E-state index contributed by atoms with van der Waals surface area (Å²) in [6.45, 7) is 4.81. The van der Waals surface area contributed by atoms with Gasteiger partial charge in [0, 0.05) is 57.4 Å². The van der Waals surface area contributed by atoms with Gasteiger partial charge in [-0.15, -0.1) is 0 Å². The molecule has 0 aliphatic carbocycles. The molecule has 0 spiro atoms. The molecule has 46 heavy (non-hydrogen) atoms. The Hall–Kier alpha value is -4.77. The minimum atomic E-state index is -1.02. The maximum atomic E-state index is 15.7. The van der Waals surface area contributed by atoms with Crippen LogP contribution in [0.4, 0.5) is 14.9 Å². The van der Waals surface area contributed by atoms with Crippen LogP contribution in [0.1, 0.15) is 29.5 Å². The number of hydrogen-bond donors (Lipinski definition) is 2. The Bertz CT molecular complexity index is 1710. The van der Waals surface area contributed by atoms with Crippen molar-refractivity contribution in [1.82, 2.24) is 20.0 Å². The molecule has 2 atom stereocenters. The lowest BCUT2D eigenvalue weighted by Gasteiger charge is -2.33. The monoisotopic (exact) mass is 629 g/mol. The summed E-state index contributed by atoms with van der Waals surface area (Å²) in [6, 6.07) is 14.4. The summed E-state index contributed by atoms with van der Waals surface area (Å²) in [4.78, 5) is 53.9. The van der Waals surface area contributed by atoms with E-state index in [0.717, 1.165) is 39.1 Å². The number of urea groups is 1. The number of ether oxygens (including phenoxy) is 1. The molecule has 3 aromatic carbocycles. The summed E-state index contributed by atoms with van der Waals surface area (Å²) in [5.41, 5.74) is 6.02. The van der Waals surface area contributed by atoms with E-state index in [1.54, 1.807) is 13.1 Å². The quantitative estimate of drug-likeness (QED) is 0.336. The van der Waals surface area contributed by atoms with Gasteiger partial charge in [0.1, 0.15) is 17.5 Å². The maximum absolute atomic E-state index is 15.7. The Morgan fingerprint density at radius 3 is 2.39 bits per heavy atom. The topological polar surface area (TPSA) is 111 Å². The van der Waals surface area contributed by atoms with Crippen LogP contribution in [0.25, 0.3) is 22.3 Å². The van der Waals surface area contributed by atoms with Gasteiger partial charge >= 0.3 is 6.03 Å². The lowest BCUT2D eigenvalue weighted by Crippen LogP contribution is -2.56. The van der Waals surface area contributed by atoms with Gasteiger partial charge in [-0.2, -0.15) is 0 Å². The van der Waals surface area contributed by atoms with Crippen molar-refractivity contribution in [2.75, 3.05) is 46.7 Å². The second-order valence-corrected chi connectivity index (χ2v) is 12.2. The third-order valence-corrected chi connectivity index (χ3v) is 8.96. The predicted octanol–water partition coefficient (Wildman–Crippen LogP) is 4.57. The number of halogens is 1. The van der Waals surface area contributed by atoms with Crippen molar-refractivity contribution in [2.45, 2.75) is 39.3 Å². The van der Waals surface area contributed by atoms with Crippen LogP contribution in [0, 0.1) is 25.6 Å². The molecule has 0 saturated carbocycles.